The Balaban J connectivity index is 2.26. The van der Waals surface area contributed by atoms with Crippen molar-refractivity contribution in [1.29, 1.82) is 0 Å². The summed E-state index contributed by atoms with van der Waals surface area (Å²) in [5, 5.41) is 7.57. The van der Waals surface area contributed by atoms with Crippen molar-refractivity contribution in [3.8, 4) is 11.8 Å². The van der Waals surface area contributed by atoms with Crippen LogP contribution in [0.25, 0.3) is 0 Å². The van der Waals surface area contributed by atoms with E-state index >= 15 is 0 Å². The maximum Gasteiger partial charge on any atom is 0.411 e. The SMILES string of the molecule is C[C@@H]1OCCN(C(=O)OC(C)(C)C)[C@H]1C#Cc1cc(Cl)nnc1N. The van der Waals surface area contributed by atoms with E-state index in [1.165, 1.54) is 6.07 Å². The van der Waals surface area contributed by atoms with E-state index in [-0.39, 0.29) is 17.1 Å². The van der Waals surface area contributed by atoms with Crippen LogP contribution in [-0.2, 0) is 9.47 Å². The topological polar surface area (TPSA) is 90.6 Å². The number of halogens is 1. The van der Waals surface area contributed by atoms with Crippen molar-refractivity contribution in [2.45, 2.75) is 45.4 Å². The highest BCUT2D eigenvalue weighted by atomic mass is 35.5. The van der Waals surface area contributed by atoms with Crippen LogP contribution in [0.2, 0.25) is 5.15 Å². The minimum atomic E-state index is -0.580. The largest absolute Gasteiger partial charge is 0.444 e. The predicted octanol–water partition coefficient (Wildman–Crippen LogP) is 2.09. The summed E-state index contributed by atoms with van der Waals surface area (Å²) in [5.74, 6) is 6.11. The van der Waals surface area contributed by atoms with Gasteiger partial charge in [0.05, 0.1) is 18.3 Å². The molecular formula is C16H21ClN4O3. The van der Waals surface area contributed by atoms with Gasteiger partial charge in [-0.2, -0.15) is 0 Å². The van der Waals surface area contributed by atoms with Gasteiger partial charge in [0.1, 0.15) is 11.6 Å². The Morgan fingerprint density at radius 3 is 2.88 bits per heavy atom. The van der Waals surface area contributed by atoms with Crippen LogP contribution < -0.4 is 5.73 Å². The number of carbonyl (C=O) groups excluding carboxylic acids is 1. The highest BCUT2D eigenvalue weighted by Crippen LogP contribution is 2.18. The molecule has 2 atom stereocenters. The number of nitrogen functional groups attached to an aromatic ring is 1. The van der Waals surface area contributed by atoms with Crippen LogP contribution in [0.3, 0.4) is 0 Å². The van der Waals surface area contributed by atoms with Crippen LogP contribution in [0.1, 0.15) is 33.3 Å². The van der Waals surface area contributed by atoms with Gasteiger partial charge in [-0.1, -0.05) is 23.4 Å². The monoisotopic (exact) mass is 352 g/mol. The van der Waals surface area contributed by atoms with E-state index < -0.39 is 17.7 Å². The highest BCUT2D eigenvalue weighted by molar-refractivity contribution is 6.29. The third kappa shape index (κ3) is 4.73. The molecule has 0 aliphatic carbocycles. The third-order valence-corrected chi connectivity index (χ3v) is 3.45. The van der Waals surface area contributed by atoms with E-state index in [1.807, 2.05) is 27.7 Å². The number of carbonyl (C=O) groups is 1. The number of nitrogens with two attached hydrogens (primary N) is 1. The fourth-order valence-electron chi connectivity index (χ4n) is 2.17. The summed E-state index contributed by atoms with van der Waals surface area (Å²) in [6.45, 7) is 8.16. The van der Waals surface area contributed by atoms with Crippen molar-refractivity contribution in [3.63, 3.8) is 0 Å². The molecule has 8 heteroatoms. The van der Waals surface area contributed by atoms with Crippen molar-refractivity contribution in [2.75, 3.05) is 18.9 Å². The molecule has 1 aliphatic heterocycles. The maximum atomic E-state index is 12.4. The first kappa shape index (κ1) is 18.3. The lowest BCUT2D eigenvalue weighted by Crippen LogP contribution is -2.53. The van der Waals surface area contributed by atoms with Crippen molar-refractivity contribution in [1.82, 2.24) is 15.1 Å². The average Bonchev–Trinajstić information content (AvgIpc) is 2.47. The van der Waals surface area contributed by atoms with Crippen LogP contribution >= 0.6 is 11.6 Å². The Kier molecular flexibility index (Phi) is 5.52. The molecule has 0 spiro atoms. The number of ether oxygens (including phenoxy) is 2. The molecule has 1 aromatic rings. The molecule has 0 unspecified atom stereocenters. The standard InChI is InChI=1S/C16H21ClN4O3/c1-10-12(6-5-11-9-13(17)19-20-14(11)18)21(7-8-23-10)15(22)24-16(2,3)4/h9-10,12H,7-8H2,1-4H3,(H2,18,20)/t10-,12-/m0/s1. The quantitative estimate of drug-likeness (QED) is 0.719. The van der Waals surface area contributed by atoms with Gasteiger partial charge in [0.25, 0.3) is 0 Å². The molecule has 0 bridgehead atoms. The minimum Gasteiger partial charge on any atom is -0.444 e. The molecule has 7 nitrogen and oxygen atoms in total. The van der Waals surface area contributed by atoms with E-state index in [0.717, 1.165) is 0 Å². The number of anilines is 1. The third-order valence-electron chi connectivity index (χ3n) is 3.27. The van der Waals surface area contributed by atoms with Crippen molar-refractivity contribution in [2.24, 2.45) is 0 Å². The van der Waals surface area contributed by atoms with Gasteiger partial charge in [-0.05, 0) is 33.8 Å². The summed E-state index contributed by atoms with van der Waals surface area (Å²) in [6, 6.07) is 1.07. The fraction of sp³-hybridized carbons (Fsp3) is 0.562. The van der Waals surface area contributed by atoms with E-state index in [2.05, 4.69) is 22.0 Å². The first-order valence-corrected chi connectivity index (χ1v) is 7.96. The van der Waals surface area contributed by atoms with Gasteiger partial charge in [0.2, 0.25) is 0 Å². The zero-order valence-electron chi connectivity index (χ0n) is 14.2. The van der Waals surface area contributed by atoms with Gasteiger partial charge in [-0.25, -0.2) is 4.79 Å². The second-order valence-electron chi connectivity index (χ2n) is 6.43. The van der Waals surface area contributed by atoms with Crippen molar-refractivity contribution < 1.29 is 14.3 Å². The van der Waals surface area contributed by atoms with Crippen LogP contribution in [0.4, 0.5) is 10.6 Å². The molecule has 2 heterocycles. The van der Waals surface area contributed by atoms with Crippen molar-refractivity contribution >= 4 is 23.5 Å². The fourth-order valence-corrected chi connectivity index (χ4v) is 2.32. The Morgan fingerprint density at radius 2 is 2.21 bits per heavy atom. The van der Waals surface area contributed by atoms with Gasteiger partial charge in [0, 0.05) is 6.54 Å². The lowest BCUT2D eigenvalue weighted by Gasteiger charge is -2.37. The zero-order valence-corrected chi connectivity index (χ0v) is 14.9. The predicted molar refractivity (Wildman–Crippen MR) is 90.5 cm³/mol. The second kappa shape index (κ2) is 7.24. The molecule has 1 fully saturated rings. The minimum absolute atomic E-state index is 0.181. The Morgan fingerprint density at radius 1 is 1.50 bits per heavy atom. The number of hydrogen-bond donors (Lipinski definition) is 1. The molecule has 130 valence electrons. The smallest absolute Gasteiger partial charge is 0.411 e. The van der Waals surface area contributed by atoms with Crippen molar-refractivity contribution in [3.05, 3.63) is 16.8 Å². The van der Waals surface area contributed by atoms with Gasteiger partial charge >= 0.3 is 6.09 Å². The first-order valence-electron chi connectivity index (χ1n) is 7.59. The lowest BCUT2D eigenvalue weighted by molar-refractivity contribution is -0.0530. The van der Waals surface area contributed by atoms with E-state index in [1.54, 1.807) is 4.90 Å². The number of amides is 1. The first-order chi connectivity index (χ1) is 11.2. The number of morpholine rings is 1. The number of nitrogens with zero attached hydrogens (tertiary/aromatic N) is 3. The molecule has 2 N–H and O–H groups in total. The maximum absolute atomic E-state index is 12.4. The van der Waals surface area contributed by atoms with Crippen LogP contribution in [0.5, 0.6) is 0 Å². The molecule has 1 aliphatic rings. The summed E-state index contributed by atoms with van der Waals surface area (Å²) >= 11 is 5.81. The van der Waals surface area contributed by atoms with Crippen LogP contribution in [0.15, 0.2) is 6.07 Å². The normalized spacial score (nSPS) is 21.0. The van der Waals surface area contributed by atoms with E-state index in [4.69, 9.17) is 26.8 Å². The van der Waals surface area contributed by atoms with E-state index in [0.29, 0.717) is 18.7 Å². The second-order valence-corrected chi connectivity index (χ2v) is 6.82. The Hall–Kier alpha value is -2.04. The summed E-state index contributed by atoms with van der Waals surface area (Å²) in [7, 11) is 0. The Labute approximate surface area is 146 Å². The molecule has 24 heavy (non-hydrogen) atoms. The molecule has 0 radical (unpaired) electrons. The van der Waals surface area contributed by atoms with Gasteiger partial charge in [-0.15, -0.1) is 10.2 Å². The molecule has 1 saturated heterocycles. The van der Waals surface area contributed by atoms with Gasteiger partial charge < -0.3 is 15.2 Å². The summed E-state index contributed by atoms with van der Waals surface area (Å²) in [6.07, 6.45) is -0.680. The zero-order chi connectivity index (χ0) is 17.9. The number of rotatable bonds is 0. The molecule has 2 rings (SSSR count). The number of aromatic nitrogens is 2. The van der Waals surface area contributed by atoms with Gasteiger partial charge in [0.15, 0.2) is 11.0 Å². The number of hydrogen-bond acceptors (Lipinski definition) is 6. The molecular weight excluding hydrogens is 332 g/mol. The van der Waals surface area contributed by atoms with Gasteiger partial charge in [-0.3, -0.25) is 4.90 Å². The Bertz CT molecular complexity index is 678. The summed E-state index contributed by atoms with van der Waals surface area (Å²) in [4.78, 5) is 14.0. The highest BCUT2D eigenvalue weighted by Gasteiger charge is 2.34. The summed E-state index contributed by atoms with van der Waals surface area (Å²) < 4.78 is 11.1. The van der Waals surface area contributed by atoms with Crippen LogP contribution in [-0.4, -0.2) is 52.1 Å². The molecule has 1 amide bonds. The molecule has 1 aromatic heterocycles. The molecule has 0 saturated carbocycles. The van der Waals surface area contributed by atoms with Crippen LogP contribution in [0, 0.1) is 11.8 Å². The van der Waals surface area contributed by atoms with E-state index in [9.17, 15) is 4.79 Å². The molecule has 0 aromatic carbocycles. The summed E-state index contributed by atoms with van der Waals surface area (Å²) in [5.41, 5.74) is 5.62. The lowest BCUT2D eigenvalue weighted by atomic mass is 10.1. The average molecular weight is 353 g/mol.